The zero-order valence-electron chi connectivity index (χ0n) is 15.8. The molecular formula is C18H23Cl2N3O5S. The van der Waals surface area contributed by atoms with Gasteiger partial charge in [-0.15, -0.1) is 0 Å². The van der Waals surface area contributed by atoms with Crippen LogP contribution in [0.15, 0.2) is 17.0 Å². The number of carbonyl (C=O) groups is 2. The second-order valence-corrected chi connectivity index (χ2v) is 9.59. The molecule has 0 bridgehead atoms. The van der Waals surface area contributed by atoms with Gasteiger partial charge in [-0.1, -0.05) is 23.2 Å². The number of ether oxygens (including phenoxy) is 1. The fourth-order valence-electron chi connectivity index (χ4n) is 3.33. The normalized spacial score (nSPS) is 18.1. The van der Waals surface area contributed by atoms with Crippen LogP contribution in [0.1, 0.15) is 29.6 Å². The van der Waals surface area contributed by atoms with Crippen molar-refractivity contribution in [3.05, 3.63) is 27.7 Å². The lowest BCUT2D eigenvalue weighted by molar-refractivity contribution is -0.129. The average Bonchev–Trinajstić information content (AvgIpc) is 3.23. The molecular weight excluding hydrogens is 441 g/mol. The molecule has 2 amide bonds. The number of hydrogen-bond acceptors (Lipinski definition) is 5. The minimum Gasteiger partial charge on any atom is -0.379 e. The van der Waals surface area contributed by atoms with Gasteiger partial charge in [-0.2, -0.15) is 4.31 Å². The first kappa shape index (κ1) is 22.3. The molecule has 1 N–H and O–H groups in total. The first-order valence-electron chi connectivity index (χ1n) is 9.43. The quantitative estimate of drug-likeness (QED) is 0.692. The number of morpholine rings is 1. The number of halogens is 2. The third-order valence-corrected chi connectivity index (χ3v) is 7.61. The van der Waals surface area contributed by atoms with Crippen molar-refractivity contribution in [1.29, 1.82) is 0 Å². The molecule has 11 heteroatoms. The van der Waals surface area contributed by atoms with Crippen molar-refractivity contribution < 1.29 is 22.7 Å². The van der Waals surface area contributed by atoms with E-state index in [0.717, 1.165) is 25.9 Å². The molecule has 0 unspecified atom stereocenters. The second-order valence-electron chi connectivity index (χ2n) is 6.87. The van der Waals surface area contributed by atoms with Crippen LogP contribution in [0.4, 0.5) is 0 Å². The SMILES string of the molecule is O=C(NCCC(=O)N1CCCC1)c1cc(S(=O)(=O)N2CCOCC2)c(Cl)cc1Cl. The first-order chi connectivity index (χ1) is 13.8. The van der Waals surface area contributed by atoms with E-state index < -0.39 is 15.9 Å². The van der Waals surface area contributed by atoms with Crippen LogP contribution in [0.25, 0.3) is 0 Å². The third kappa shape index (κ3) is 5.21. The second kappa shape index (κ2) is 9.61. The van der Waals surface area contributed by atoms with E-state index in [1.807, 2.05) is 0 Å². The summed E-state index contributed by atoms with van der Waals surface area (Å²) >= 11 is 12.3. The Bertz CT molecular complexity index is 882. The lowest BCUT2D eigenvalue weighted by Gasteiger charge is -2.26. The maximum Gasteiger partial charge on any atom is 0.252 e. The highest BCUT2D eigenvalue weighted by Crippen LogP contribution is 2.31. The molecule has 2 saturated heterocycles. The molecule has 0 aliphatic carbocycles. The molecule has 0 atom stereocenters. The molecule has 3 rings (SSSR count). The average molecular weight is 464 g/mol. The van der Waals surface area contributed by atoms with Crippen LogP contribution in [-0.4, -0.2) is 75.4 Å². The van der Waals surface area contributed by atoms with Crippen LogP contribution in [0.5, 0.6) is 0 Å². The third-order valence-electron chi connectivity index (χ3n) is 4.94. The van der Waals surface area contributed by atoms with Crippen molar-refractivity contribution in [1.82, 2.24) is 14.5 Å². The van der Waals surface area contributed by atoms with E-state index in [1.54, 1.807) is 4.90 Å². The number of benzene rings is 1. The van der Waals surface area contributed by atoms with Gasteiger partial charge in [0.05, 0.1) is 28.8 Å². The maximum absolute atomic E-state index is 12.9. The van der Waals surface area contributed by atoms with E-state index in [1.165, 1.54) is 16.4 Å². The fraction of sp³-hybridized carbons (Fsp3) is 0.556. The summed E-state index contributed by atoms with van der Waals surface area (Å²) in [5.74, 6) is -0.570. The Labute approximate surface area is 180 Å². The summed E-state index contributed by atoms with van der Waals surface area (Å²) in [6.07, 6.45) is 2.17. The smallest absolute Gasteiger partial charge is 0.252 e. The number of rotatable bonds is 6. The van der Waals surface area contributed by atoms with Gasteiger partial charge in [0.1, 0.15) is 4.90 Å². The summed E-state index contributed by atoms with van der Waals surface area (Å²) in [6, 6.07) is 2.44. The monoisotopic (exact) mass is 463 g/mol. The lowest BCUT2D eigenvalue weighted by atomic mass is 10.2. The fourth-order valence-corrected chi connectivity index (χ4v) is 5.57. The van der Waals surface area contributed by atoms with E-state index in [0.29, 0.717) is 13.2 Å². The maximum atomic E-state index is 12.9. The van der Waals surface area contributed by atoms with E-state index in [4.69, 9.17) is 27.9 Å². The molecule has 160 valence electrons. The highest BCUT2D eigenvalue weighted by Gasteiger charge is 2.30. The van der Waals surface area contributed by atoms with E-state index in [-0.39, 0.29) is 52.5 Å². The Morgan fingerprint density at radius 1 is 1.03 bits per heavy atom. The number of likely N-dealkylation sites (tertiary alicyclic amines) is 1. The molecule has 2 fully saturated rings. The summed E-state index contributed by atoms with van der Waals surface area (Å²) in [6.45, 7) is 2.64. The van der Waals surface area contributed by atoms with Crippen LogP contribution in [-0.2, 0) is 19.6 Å². The Morgan fingerprint density at radius 2 is 1.69 bits per heavy atom. The molecule has 2 aliphatic heterocycles. The highest BCUT2D eigenvalue weighted by molar-refractivity contribution is 7.89. The van der Waals surface area contributed by atoms with Crippen LogP contribution < -0.4 is 5.32 Å². The van der Waals surface area contributed by atoms with Gasteiger partial charge in [0.15, 0.2) is 0 Å². The van der Waals surface area contributed by atoms with Gasteiger partial charge in [-0.3, -0.25) is 9.59 Å². The standard InChI is InChI=1S/C18H23Cl2N3O5S/c19-14-12-15(20)16(29(26,27)23-7-9-28-10-8-23)11-13(14)18(25)21-4-3-17(24)22-5-1-2-6-22/h11-12H,1-10H2,(H,21,25). The van der Waals surface area contributed by atoms with Gasteiger partial charge in [0.25, 0.3) is 5.91 Å². The first-order valence-corrected chi connectivity index (χ1v) is 11.6. The van der Waals surface area contributed by atoms with Gasteiger partial charge in [-0.05, 0) is 25.0 Å². The minimum absolute atomic E-state index is 0.00322. The van der Waals surface area contributed by atoms with Crippen LogP contribution in [0, 0.1) is 0 Å². The molecule has 0 aromatic heterocycles. The number of amides is 2. The number of carbonyl (C=O) groups excluding carboxylic acids is 2. The molecule has 0 saturated carbocycles. The molecule has 0 radical (unpaired) electrons. The molecule has 0 spiro atoms. The molecule has 2 heterocycles. The zero-order chi connectivity index (χ0) is 21.0. The van der Waals surface area contributed by atoms with Gasteiger partial charge in [0.2, 0.25) is 15.9 Å². The van der Waals surface area contributed by atoms with Gasteiger partial charge in [-0.25, -0.2) is 8.42 Å². The predicted molar refractivity (Wildman–Crippen MR) is 109 cm³/mol. The topological polar surface area (TPSA) is 96.0 Å². The molecule has 1 aromatic carbocycles. The minimum atomic E-state index is -3.89. The van der Waals surface area contributed by atoms with Crippen LogP contribution >= 0.6 is 23.2 Å². The largest absolute Gasteiger partial charge is 0.379 e. The number of hydrogen-bond donors (Lipinski definition) is 1. The molecule has 8 nitrogen and oxygen atoms in total. The van der Waals surface area contributed by atoms with Crippen molar-refractivity contribution in [2.24, 2.45) is 0 Å². The summed E-state index contributed by atoms with van der Waals surface area (Å²) in [5.41, 5.74) is -0.00322. The van der Waals surface area contributed by atoms with Crippen molar-refractivity contribution in [3.63, 3.8) is 0 Å². The highest BCUT2D eigenvalue weighted by atomic mass is 35.5. The van der Waals surface area contributed by atoms with Gasteiger partial charge < -0.3 is 15.0 Å². The van der Waals surface area contributed by atoms with Crippen molar-refractivity contribution in [2.45, 2.75) is 24.2 Å². The van der Waals surface area contributed by atoms with Gasteiger partial charge in [0, 0.05) is 39.1 Å². The van der Waals surface area contributed by atoms with E-state index in [9.17, 15) is 18.0 Å². The van der Waals surface area contributed by atoms with E-state index in [2.05, 4.69) is 5.32 Å². The van der Waals surface area contributed by atoms with Crippen molar-refractivity contribution >= 4 is 45.0 Å². The Hall–Kier alpha value is -1.39. The predicted octanol–water partition coefficient (Wildman–Crippen LogP) is 1.76. The summed E-state index contributed by atoms with van der Waals surface area (Å²) < 4.78 is 32.3. The van der Waals surface area contributed by atoms with Crippen molar-refractivity contribution in [2.75, 3.05) is 45.9 Å². The van der Waals surface area contributed by atoms with Crippen LogP contribution in [0.3, 0.4) is 0 Å². The Balaban J connectivity index is 1.71. The molecule has 1 aromatic rings. The summed E-state index contributed by atoms with van der Waals surface area (Å²) in [7, 11) is -3.89. The van der Waals surface area contributed by atoms with Crippen LogP contribution in [0.2, 0.25) is 10.0 Å². The summed E-state index contributed by atoms with van der Waals surface area (Å²) in [5, 5.41) is 2.62. The van der Waals surface area contributed by atoms with E-state index >= 15 is 0 Å². The number of sulfonamides is 1. The lowest BCUT2D eigenvalue weighted by Crippen LogP contribution is -2.40. The number of nitrogens with zero attached hydrogens (tertiary/aromatic N) is 2. The summed E-state index contributed by atoms with van der Waals surface area (Å²) in [4.78, 5) is 26.2. The Morgan fingerprint density at radius 3 is 2.34 bits per heavy atom. The molecule has 29 heavy (non-hydrogen) atoms. The zero-order valence-corrected chi connectivity index (χ0v) is 18.2. The number of nitrogens with one attached hydrogen (secondary N) is 1. The molecule has 2 aliphatic rings. The van der Waals surface area contributed by atoms with Gasteiger partial charge >= 0.3 is 0 Å². The Kier molecular flexibility index (Phi) is 7.39. The van der Waals surface area contributed by atoms with Crippen molar-refractivity contribution in [3.8, 4) is 0 Å².